The van der Waals surface area contributed by atoms with E-state index in [4.69, 9.17) is 18.0 Å². The zero-order valence-electron chi connectivity index (χ0n) is 11.3. The zero-order valence-corrected chi connectivity index (χ0v) is 12.1. The monoisotopic (exact) mass is 268 g/mol. The SMILES string of the molecule is CCc1nn(C)cc1C(=O)NCC(C)(C)C(N)=S. The summed E-state index contributed by atoms with van der Waals surface area (Å²) in [4.78, 5) is 12.5. The van der Waals surface area contributed by atoms with Crippen LogP contribution < -0.4 is 11.1 Å². The number of carbonyl (C=O) groups excluding carboxylic acids is 1. The Hall–Kier alpha value is -1.43. The number of carbonyl (C=O) groups is 1. The summed E-state index contributed by atoms with van der Waals surface area (Å²) in [5.41, 5.74) is 6.63. The van der Waals surface area contributed by atoms with Crippen LogP contribution in [0.5, 0.6) is 0 Å². The van der Waals surface area contributed by atoms with Crippen molar-refractivity contribution in [2.45, 2.75) is 27.2 Å². The number of hydrogen-bond donors (Lipinski definition) is 2. The Morgan fingerprint density at radius 1 is 1.61 bits per heavy atom. The van der Waals surface area contributed by atoms with Crippen LogP contribution in [0.2, 0.25) is 0 Å². The Bertz CT molecular complexity index is 465. The first-order chi connectivity index (χ1) is 8.27. The van der Waals surface area contributed by atoms with Crippen molar-refractivity contribution < 1.29 is 4.79 Å². The van der Waals surface area contributed by atoms with Gasteiger partial charge in [0, 0.05) is 25.2 Å². The van der Waals surface area contributed by atoms with Crippen LogP contribution in [0.1, 0.15) is 36.8 Å². The van der Waals surface area contributed by atoms with Crippen molar-refractivity contribution in [2.24, 2.45) is 18.2 Å². The summed E-state index contributed by atoms with van der Waals surface area (Å²) in [6.45, 7) is 6.19. The van der Waals surface area contributed by atoms with Crippen molar-refractivity contribution >= 4 is 23.1 Å². The number of nitrogens with two attached hydrogens (primary N) is 1. The van der Waals surface area contributed by atoms with Gasteiger partial charge in [-0.25, -0.2) is 0 Å². The standard InChI is InChI=1S/C12H20N4OS/c1-5-9-8(6-16(4)15-9)10(17)14-7-12(2,3)11(13)18/h6H,5,7H2,1-4H3,(H2,13,18)(H,14,17). The molecule has 1 amide bonds. The minimum atomic E-state index is -0.389. The topological polar surface area (TPSA) is 72.9 Å². The highest BCUT2D eigenvalue weighted by atomic mass is 32.1. The minimum Gasteiger partial charge on any atom is -0.393 e. The first-order valence-electron chi connectivity index (χ1n) is 5.88. The van der Waals surface area contributed by atoms with Crippen molar-refractivity contribution in [1.82, 2.24) is 15.1 Å². The molecule has 1 rings (SSSR count). The fraction of sp³-hybridized carbons (Fsp3) is 0.583. The molecule has 18 heavy (non-hydrogen) atoms. The number of nitrogens with one attached hydrogen (secondary N) is 1. The van der Waals surface area contributed by atoms with Gasteiger partial charge in [0.15, 0.2) is 0 Å². The first kappa shape index (κ1) is 14.6. The van der Waals surface area contributed by atoms with E-state index >= 15 is 0 Å². The molecular weight excluding hydrogens is 248 g/mol. The maximum absolute atomic E-state index is 12.1. The Labute approximate surface area is 113 Å². The first-order valence-corrected chi connectivity index (χ1v) is 6.29. The van der Waals surface area contributed by atoms with E-state index in [2.05, 4.69) is 10.4 Å². The number of aromatic nitrogens is 2. The maximum Gasteiger partial charge on any atom is 0.254 e. The molecule has 0 radical (unpaired) electrons. The third-order valence-corrected chi connectivity index (χ3v) is 3.40. The van der Waals surface area contributed by atoms with Crippen LogP contribution in [0.4, 0.5) is 0 Å². The minimum absolute atomic E-state index is 0.135. The lowest BCUT2D eigenvalue weighted by atomic mass is 9.93. The van der Waals surface area contributed by atoms with Gasteiger partial charge in [-0.3, -0.25) is 9.48 Å². The van der Waals surface area contributed by atoms with Gasteiger partial charge in [-0.2, -0.15) is 5.10 Å². The van der Waals surface area contributed by atoms with Crippen molar-refractivity contribution in [3.63, 3.8) is 0 Å². The molecule has 0 atom stereocenters. The second-order valence-electron chi connectivity index (χ2n) is 4.95. The van der Waals surface area contributed by atoms with Gasteiger partial charge in [0.05, 0.1) is 16.2 Å². The van der Waals surface area contributed by atoms with E-state index in [1.807, 2.05) is 20.8 Å². The van der Waals surface area contributed by atoms with Crippen molar-refractivity contribution in [3.8, 4) is 0 Å². The summed E-state index contributed by atoms with van der Waals surface area (Å²) in [5, 5.41) is 7.08. The fourth-order valence-electron chi connectivity index (χ4n) is 1.47. The van der Waals surface area contributed by atoms with Gasteiger partial charge in [-0.1, -0.05) is 33.0 Å². The average Bonchev–Trinajstić information content (AvgIpc) is 2.67. The number of aryl methyl sites for hydroxylation is 2. The van der Waals surface area contributed by atoms with Crippen LogP contribution in [0.15, 0.2) is 6.20 Å². The normalized spacial score (nSPS) is 11.3. The van der Waals surface area contributed by atoms with Crippen LogP contribution in [-0.2, 0) is 13.5 Å². The molecule has 0 saturated carbocycles. The molecule has 0 bridgehead atoms. The van der Waals surface area contributed by atoms with Gasteiger partial charge < -0.3 is 11.1 Å². The number of amides is 1. The molecule has 0 aliphatic rings. The van der Waals surface area contributed by atoms with Crippen molar-refractivity contribution in [1.29, 1.82) is 0 Å². The lowest BCUT2D eigenvalue weighted by molar-refractivity contribution is 0.0944. The summed E-state index contributed by atoms with van der Waals surface area (Å²) in [7, 11) is 1.80. The molecule has 0 fully saturated rings. The van der Waals surface area contributed by atoms with Crippen molar-refractivity contribution in [3.05, 3.63) is 17.5 Å². The van der Waals surface area contributed by atoms with E-state index in [0.717, 1.165) is 12.1 Å². The second kappa shape index (κ2) is 5.48. The lowest BCUT2D eigenvalue weighted by Crippen LogP contribution is -2.41. The summed E-state index contributed by atoms with van der Waals surface area (Å²) < 4.78 is 1.65. The quantitative estimate of drug-likeness (QED) is 0.782. The van der Waals surface area contributed by atoms with Gasteiger partial charge in [-0.15, -0.1) is 0 Å². The van der Waals surface area contributed by atoms with E-state index in [1.54, 1.807) is 17.9 Å². The molecule has 1 aromatic rings. The van der Waals surface area contributed by atoms with Crippen LogP contribution in [0.25, 0.3) is 0 Å². The molecule has 5 nitrogen and oxygen atoms in total. The Kier molecular flexibility index (Phi) is 4.45. The zero-order chi connectivity index (χ0) is 13.9. The highest BCUT2D eigenvalue weighted by molar-refractivity contribution is 7.80. The van der Waals surface area contributed by atoms with Crippen molar-refractivity contribution in [2.75, 3.05) is 6.54 Å². The molecule has 6 heteroatoms. The van der Waals surface area contributed by atoms with Crippen LogP contribution in [0, 0.1) is 5.41 Å². The fourth-order valence-corrected chi connectivity index (χ4v) is 1.54. The van der Waals surface area contributed by atoms with E-state index in [1.165, 1.54) is 0 Å². The van der Waals surface area contributed by atoms with Gasteiger partial charge >= 0.3 is 0 Å². The number of nitrogens with zero attached hydrogens (tertiary/aromatic N) is 2. The van der Waals surface area contributed by atoms with Gasteiger partial charge in [0.2, 0.25) is 0 Å². The smallest absolute Gasteiger partial charge is 0.254 e. The maximum atomic E-state index is 12.1. The van der Waals surface area contributed by atoms with Gasteiger partial charge in [0.1, 0.15) is 0 Å². The third-order valence-electron chi connectivity index (χ3n) is 2.84. The van der Waals surface area contributed by atoms with Gasteiger partial charge in [0.25, 0.3) is 5.91 Å². The van der Waals surface area contributed by atoms with Crippen LogP contribution >= 0.6 is 12.2 Å². The van der Waals surface area contributed by atoms with E-state index in [-0.39, 0.29) is 11.3 Å². The predicted octanol–water partition coefficient (Wildman–Crippen LogP) is 1.02. The van der Waals surface area contributed by atoms with Gasteiger partial charge in [-0.05, 0) is 6.42 Å². The molecule has 0 aliphatic heterocycles. The molecular formula is C12H20N4OS. The van der Waals surface area contributed by atoms with Crippen LogP contribution in [-0.4, -0.2) is 27.2 Å². The highest BCUT2D eigenvalue weighted by Gasteiger charge is 2.23. The number of rotatable bonds is 5. The number of hydrogen-bond acceptors (Lipinski definition) is 3. The Balaban J connectivity index is 2.74. The molecule has 0 aromatic carbocycles. The summed E-state index contributed by atoms with van der Waals surface area (Å²) in [6.07, 6.45) is 2.45. The summed E-state index contributed by atoms with van der Waals surface area (Å²) in [5.74, 6) is -0.135. The molecule has 0 spiro atoms. The molecule has 0 unspecified atom stereocenters. The number of thiocarbonyl (C=S) groups is 1. The Morgan fingerprint density at radius 2 is 2.22 bits per heavy atom. The van der Waals surface area contributed by atoms with Crippen LogP contribution in [0.3, 0.4) is 0 Å². The molecule has 1 aromatic heterocycles. The highest BCUT2D eigenvalue weighted by Crippen LogP contribution is 2.14. The summed E-state index contributed by atoms with van der Waals surface area (Å²) >= 11 is 4.96. The second-order valence-corrected chi connectivity index (χ2v) is 5.39. The molecule has 1 heterocycles. The third kappa shape index (κ3) is 3.29. The molecule has 100 valence electrons. The van der Waals surface area contributed by atoms with E-state index in [9.17, 15) is 4.79 Å². The predicted molar refractivity (Wildman–Crippen MR) is 75.5 cm³/mol. The Morgan fingerprint density at radius 3 is 2.72 bits per heavy atom. The summed E-state index contributed by atoms with van der Waals surface area (Å²) in [6, 6.07) is 0. The molecule has 3 N–H and O–H groups in total. The van der Waals surface area contributed by atoms with E-state index < -0.39 is 0 Å². The average molecular weight is 268 g/mol. The molecule has 0 saturated heterocycles. The molecule has 0 aliphatic carbocycles. The lowest BCUT2D eigenvalue weighted by Gasteiger charge is -2.23. The van der Waals surface area contributed by atoms with E-state index in [0.29, 0.717) is 17.1 Å². The largest absolute Gasteiger partial charge is 0.393 e.